The number of rotatable bonds is 9. The molecule has 1 saturated carbocycles. The number of hydrogen-bond acceptors (Lipinski definition) is 7. The molecule has 0 atom stereocenters. The molecular formula is C28H34F4N6O3S. The predicted molar refractivity (Wildman–Crippen MR) is 154 cm³/mol. The van der Waals surface area contributed by atoms with Gasteiger partial charge in [-0.05, 0) is 82.8 Å². The van der Waals surface area contributed by atoms with Crippen molar-refractivity contribution in [3.63, 3.8) is 0 Å². The van der Waals surface area contributed by atoms with E-state index in [4.69, 9.17) is 0 Å². The summed E-state index contributed by atoms with van der Waals surface area (Å²) in [6.45, 7) is 6.03. The maximum Gasteiger partial charge on any atom is 0.390 e. The van der Waals surface area contributed by atoms with Gasteiger partial charge in [0.15, 0.2) is 0 Å². The van der Waals surface area contributed by atoms with Crippen LogP contribution in [0.4, 0.5) is 29.2 Å². The Balaban J connectivity index is 1.38. The number of likely N-dealkylation sites (tertiary alicyclic amines) is 1. The topological polar surface area (TPSA) is 109 Å². The first-order valence-electron chi connectivity index (χ1n) is 14.1. The lowest BCUT2D eigenvalue weighted by atomic mass is 9.89. The average molecular weight is 611 g/mol. The predicted octanol–water partition coefficient (Wildman–Crippen LogP) is 5.30. The van der Waals surface area contributed by atoms with Gasteiger partial charge in [0, 0.05) is 35.3 Å². The summed E-state index contributed by atoms with van der Waals surface area (Å²) >= 11 is 0. The third-order valence-electron chi connectivity index (χ3n) is 7.93. The number of benzene rings is 1. The van der Waals surface area contributed by atoms with Gasteiger partial charge in [-0.15, -0.1) is 0 Å². The Hall–Kier alpha value is -3.26. The Bertz CT molecular complexity index is 1610. The molecule has 3 aromatic rings. The Morgan fingerprint density at radius 3 is 2.40 bits per heavy atom. The van der Waals surface area contributed by atoms with Gasteiger partial charge in [-0.1, -0.05) is 6.07 Å². The number of nitrogens with one attached hydrogen (secondary N) is 2. The molecule has 14 heteroatoms. The molecule has 3 heterocycles. The highest BCUT2D eigenvalue weighted by Gasteiger charge is 2.31. The standard InChI is InChI=1S/C28H34F4N6O3S/c1-17(2)38-25-19(16-33-27(35-25)34-20-5-7-21(8-6-20)37-11-3-12-37)14-22(26(38)39)18-4-9-24(23(29)15-18)36-42(40,41)13-10-28(30,31)32/h4,9,14-17,20-21,36H,3,5-8,10-13H2,1-2H3,(H,33,34,35)/t20-,21-. The lowest BCUT2D eigenvalue weighted by Crippen LogP contribution is -2.47. The van der Waals surface area contributed by atoms with Crippen LogP contribution in [0, 0.1) is 5.82 Å². The molecule has 0 amide bonds. The van der Waals surface area contributed by atoms with E-state index < -0.39 is 45.4 Å². The van der Waals surface area contributed by atoms with E-state index in [1.807, 2.05) is 18.6 Å². The van der Waals surface area contributed by atoms with Crippen molar-refractivity contribution in [3.8, 4) is 11.1 Å². The van der Waals surface area contributed by atoms with Gasteiger partial charge < -0.3 is 10.2 Å². The first-order valence-corrected chi connectivity index (χ1v) is 15.7. The summed E-state index contributed by atoms with van der Waals surface area (Å²) in [5, 5.41) is 3.98. The second-order valence-corrected chi connectivity index (χ2v) is 13.2. The van der Waals surface area contributed by atoms with Crippen molar-refractivity contribution in [2.24, 2.45) is 0 Å². The molecule has 0 unspecified atom stereocenters. The zero-order valence-electron chi connectivity index (χ0n) is 23.4. The minimum atomic E-state index is -4.67. The van der Waals surface area contributed by atoms with Gasteiger partial charge >= 0.3 is 6.18 Å². The van der Waals surface area contributed by atoms with Gasteiger partial charge in [0.25, 0.3) is 5.56 Å². The summed E-state index contributed by atoms with van der Waals surface area (Å²) in [6.07, 6.45) is 0.919. The fourth-order valence-electron chi connectivity index (χ4n) is 5.58. The van der Waals surface area contributed by atoms with Crippen molar-refractivity contribution in [1.29, 1.82) is 0 Å². The quantitative estimate of drug-likeness (QED) is 0.317. The summed E-state index contributed by atoms with van der Waals surface area (Å²) < 4.78 is 79.7. The van der Waals surface area contributed by atoms with Crippen LogP contribution in [0.25, 0.3) is 22.2 Å². The van der Waals surface area contributed by atoms with Crippen LogP contribution in [-0.4, -0.2) is 65.0 Å². The SMILES string of the molecule is CC(C)n1c(=O)c(-c2ccc(NS(=O)(=O)CCC(F)(F)F)c(F)c2)cc2cnc(N[C@H]3CC[C@H](N4CCC4)CC3)nc21. The van der Waals surface area contributed by atoms with Crippen molar-refractivity contribution >= 4 is 32.7 Å². The van der Waals surface area contributed by atoms with Crippen LogP contribution >= 0.6 is 0 Å². The van der Waals surface area contributed by atoms with Gasteiger partial charge in [0.1, 0.15) is 11.5 Å². The largest absolute Gasteiger partial charge is 0.390 e. The number of aromatic nitrogens is 3. The molecule has 42 heavy (non-hydrogen) atoms. The van der Waals surface area contributed by atoms with E-state index in [0.29, 0.717) is 23.0 Å². The highest BCUT2D eigenvalue weighted by Crippen LogP contribution is 2.30. The number of anilines is 2. The lowest BCUT2D eigenvalue weighted by molar-refractivity contribution is -0.129. The Morgan fingerprint density at radius 2 is 1.81 bits per heavy atom. The number of halogens is 4. The molecule has 0 bridgehead atoms. The van der Waals surface area contributed by atoms with Crippen molar-refractivity contribution in [2.75, 3.05) is 28.9 Å². The number of pyridine rings is 1. The van der Waals surface area contributed by atoms with Crippen LogP contribution in [-0.2, 0) is 10.0 Å². The molecule has 2 aliphatic rings. The highest BCUT2D eigenvalue weighted by molar-refractivity contribution is 7.92. The fourth-order valence-corrected chi connectivity index (χ4v) is 6.69. The zero-order valence-corrected chi connectivity index (χ0v) is 24.2. The van der Waals surface area contributed by atoms with Crippen molar-refractivity contribution < 1.29 is 26.0 Å². The zero-order chi connectivity index (χ0) is 30.2. The second kappa shape index (κ2) is 11.8. The average Bonchev–Trinajstić information content (AvgIpc) is 2.88. The molecule has 1 aromatic carbocycles. The number of sulfonamides is 1. The van der Waals surface area contributed by atoms with Crippen molar-refractivity contribution in [2.45, 2.75) is 76.7 Å². The van der Waals surface area contributed by atoms with E-state index in [2.05, 4.69) is 20.2 Å². The minimum Gasteiger partial charge on any atom is -0.351 e. The normalized spacial score (nSPS) is 20.1. The first kappa shape index (κ1) is 30.2. The fraction of sp³-hybridized carbons (Fsp3) is 0.536. The van der Waals surface area contributed by atoms with Crippen molar-refractivity contribution in [3.05, 3.63) is 46.6 Å². The van der Waals surface area contributed by atoms with Crippen LogP contribution in [0.15, 0.2) is 35.3 Å². The molecule has 228 valence electrons. The first-order chi connectivity index (χ1) is 19.8. The van der Waals surface area contributed by atoms with Crippen LogP contribution < -0.4 is 15.6 Å². The maximum atomic E-state index is 14.9. The van der Waals surface area contributed by atoms with Gasteiger partial charge in [-0.3, -0.25) is 14.1 Å². The summed E-state index contributed by atoms with van der Waals surface area (Å²) in [4.78, 5) is 25.3. The molecule has 1 aliphatic heterocycles. The molecule has 2 N–H and O–H groups in total. The van der Waals surface area contributed by atoms with E-state index in [1.54, 1.807) is 12.3 Å². The van der Waals surface area contributed by atoms with E-state index >= 15 is 0 Å². The summed E-state index contributed by atoms with van der Waals surface area (Å²) in [7, 11) is -4.44. The highest BCUT2D eigenvalue weighted by atomic mass is 32.2. The molecule has 0 spiro atoms. The lowest BCUT2D eigenvalue weighted by Gasteiger charge is -2.42. The molecule has 9 nitrogen and oxygen atoms in total. The second-order valence-electron chi connectivity index (χ2n) is 11.3. The van der Waals surface area contributed by atoms with Gasteiger partial charge in [0.05, 0.1) is 17.9 Å². The molecule has 0 radical (unpaired) electrons. The Morgan fingerprint density at radius 1 is 1.10 bits per heavy atom. The third kappa shape index (κ3) is 6.86. The van der Waals surface area contributed by atoms with Crippen molar-refractivity contribution in [1.82, 2.24) is 19.4 Å². The van der Waals surface area contributed by atoms with Gasteiger partial charge in [-0.25, -0.2) is 17.8 Å². The minimum absolute atomic E-state index is 0.148. The van der Waals surface area contributed by atoms with Gasteiger partial charge in [0.2, 0.25) is 16.0 Å². The molecule has 2 aromatic heterocycles. The molecule has 5 rings (SSSR count). The molecule has 1 aliphatic carbocycles. The Labute approximate surface area is 241 Å². The molecule has 2 fully saturated rings. The third-order valence-corrected chi connectivity index (χ3v) is 9.20. The molecular weight excluding hydrogens is 576 g/mol. The van der Waals surface area contributed by atoms with E-state index in [9.17, 15) is 30.8 Å². The van der Waals surface area contributed by atoms with Crippen LogP contribution in [0.5, 0.6) is 0 Å². The Kier molecular flexibility index (Phi) is 8.48. The monoisotopic (exact) mass is 610 g/mol. The number of hydrogen-bond donors (Lipinski definition) is 2. The van der Waals surface area contributed by atoms with Crippen LogP contribution in [0.3, 0.4) is 0 Å². The molecule has 1 saturated heterocycles. The summed E-state index contributed by atoms with van der Waals surface area (Å²) in [6, 6.07) is 5.55. The number of alkyl halides is 3. The number of fused-ring (bicyclic) bond motifs is 1. The van der Waals surface area contributed by atoms with Gasteiger partial charge in [-0.2, -0.15) is 18.2 Å². The maximum absolute atomic E-state index is 14.9. The van der Waals surface area contributed by atoms with E-state index in [1.165, 1.54) is 30.1 Å². The van der Waals surface area contributed by atoms with Crippen LogP contribution in [0.1, 0.15) is 58.4 Å². The summed E-state index contributed by atoms with van der Waals surface area (Å²) in [5.41, 5.74) is -0.178. The van der Waals surface area contributed by atoms with E-state index in [0.717, 1.165) is 37.8 Å². The van der Waals surface area contributed by atoms with E-state index in [-0.39, 0.29) is 23.2 Å². The summed E-state index contributed by atoms with van der Waals surface area (Å²) in [5.74, 6) is -1.83. The van der Waals surface area contributed by atoms with Crippen LogP contribution in [0.2, 0.25) is 0 Å². The number of nitrogens with zero attached hydrogens (tertiary/aromatic N) is 4. The smallest absolute Gasteiger partial charge is 0.351 e.